The molecule has 8 heteroatoms. The Labute approximate surface area is 177 Å². The van der Waals surface area contributed by atoms with Gasteiger partial charge < -0.3 is 4.43 Å². The highest BCUT2D eigenvalue weighted by molar-refractivity contribution is 6.74. The molecule has 1 saturated heterocycles. The summed E-state index contributed by atoms with van der Waals surface area (Å²) in [5.41, 5.74) is 0.855. The molecule has 1 aromatic carbocycles. The zero-order chi connectivity index (χ0) is 22.3. The second-order valence-corrected chi connectivity index (χ2v) is 13.8. The van der Waals surface area contributed by atoms with Gasteiger partial charge >= 0.3 is 0 Å². The topological polar surface area (TPSA) is 92.8 Å². The van der Waals surface area contributed by atoms with E-state index >= 15 is 0 Å². The number of imide groups is 2. The third-order valence-electron chi connectivity index (χ3n) is 6.00. The lowest BCUT2D eigenvalue weighted by Gasteiger charge is -2.35. The van der Waals surface area contributed by atoms with Crippen LogP contribution in [0.25, 0.3) is 0 Å². The Morgan fingerprint density at radius 1 is 1.17 bits per heavy atom. The van der Waals surface area contributed by atoms with Crippen LogP contribution in [0.15, 0.2) is 18.2 Å². The molecule has 2 aliphatic heterocycles. The van der Waals surface area contributed by atoms with Crippen molar-refractivity contribution in [3.05, 3.63) is 34.9 Å². The number of fused-ring (bicyclic) bond motifs is 1. The Morgan fingerprint density at radius 2 is 1.87 bits per heavy atom. The Bertz CT molecular complexity index is 997. The maximum Gasteiger partial charge on any atom is 0.263 e. The average Bonchev–Trinajstić information content (AvgIpc) is 2.90. The smallest absolute Gasteiger partial charge is 0.263 e. The summed E-state index contributed by atoms with van der Waals surface area (Å²) in [5.74, 6) is 3.79. The Morgan fingerprint density at radius 3 is 2.50 bits per heavy atom. The van der Waals surface area contributed by atoms with Crippen molar-refractivity contribution in [1.29, 1.82) is 0 Å². The minimum Gasteiger partial charge on any atom is -0.406 e. The van der Waals surface area contributed by atoms with Crippen molar-refractivity contribution in [1.82, 2.24) is 10.2 Å². The summed E-state index contributed by atoms with van der Waals surface area (Å²) in [6, 6.07) is 3.91. The van der Waals surface area contributed by atoms with Crippen molar-refractivity contribution in [3.63, 3.8) is 0 Å². The Hall–Kier alpha value is -2.76. The molecule has 0 saturated carbocycles. The summed E-state index contributed by atoms with van der Waals surface area (Å²) in [6.45, 7) is 10.9. The Balaban J connectivity index is 1.83. The summed E-state index contributed by atoms with van der Waals surface area (Å²) < 4.78 is 6.04. The zero-order valence-electron chi connectivity index (χ0n) is 17.9. The van der Waals surface area contributed by atoms with Gasteiger partial charge in [0.25, 0.3) is 11.8 Å². The molecule has 1 aromatic rings. The fraction of sp³-hybridized carbons (Fsp3) is 0.455. The molecule has 30 heavy (non-hydrogen) atoms. The highest BCUT2D eigenvalue weighted by Crippen LogP contribution is 2.36. The van der Waals surface area contributed by atoms with E-state index < -0.39 is 38.0 Å². The summed E-state index contributed by atoms with van der Waals surface area (Å²) in [6.07, 6.45) is 0.207. The summed E-state index contributed by atoms with van der Waals surface area (Å²) in [7, 11) is -1.94. The lowest BCUT2D eigenvalue weighted by molar-refractivity contribution is -0.136. The number of rotatable bonds is 3. The summed E-state index contributed by atoms with van der Waals surface area (Å²) >= 11 is 0. The van der Waals surface area contributed by atoms with Crippen molar-refractivity contribution in [2.45, 2.75) is 57.8 Å². The normalized spacial score (nSPS) is 19.4. The van der Waals surface area contributed by atoms with E-state index in [1.54, 1.807) is 18.2 Å². The molecule has 4 amide bonds. The maximum atomic E-state index is 13.0. The maximum absolute atomic E-state index is 13.0. The van der Waals surface area contributed by atoms with Crippen molar-refractivity contribution < 1.29 is 23.6 Å². The molecule has 0 bridgehead atoms. The van der Waals surface area contributed by atoms with Gasteiger partial charge in [0.05, 0.1) is 17.7 Å². The first-order valence-corrected chi connectivity index (χ1v) is 12.8. The van der Waals surface area contributed by atoms with E-state index in [1.807, 2.05) is 0 Å². The molecule has 7 nitrogen and oxygen atoms in total. The van der Waals surface area contributed by atoms with Crippen LogP contribution in [0.4, 0.5) is 0 Å². The number of piperidine rings is 1. The highest BCUT2D eigenvalue weighted by Gasteiger charge is 2.45. The molecule has 0 aliphatic carbocycles. The lowest BCUT2D eigenvalue weighted by Crippen LogP contribution is -2.54. The highest BCUT2D eigenvalue weighted by atomic mass is 28.4. The monoisotopic (exact) mass is 426 g/mol. The van der Waals surface area contributed by atoms with E-state index in [-0.39, 0.29) is 35.6 Å². The summed E-state index contributed by atoms with van der Waals surface area (Å²) in [4.78, 5) is 50.4. The molecule has 1 fully saturated rings. The third-order valence-corrected chi connectivity index (χ3v) is 10.5. The van der Waals surface area contributed by atoms with Crippen molar-refractivity contribution in [3.8, 4) is 11.8 Å². The Kier molecular flexibility index (Phi) is 5.71. The van der Waals surface area contributed by atoms with E-state index in [4.69, 9.17) is 4.43 Å². The number of hydrogen-bond donors (Lipinski definition) is 1. The number of nitrogens with zero attached hydrogens (tertiary/aromatic N) is 1. The largest absolute Gasteiger partial charge is 0.406 e. The second-order valence-electron chi connectivity index (χ2n) is 9.03. The van der Waals surface area contributed by atoms with Crippen LogP contribution in [0.3, 0.4) is 0 Å². The molecular formula is C22H26N2O5Si. The second kappa shape index (κ2) is 7.82. The van der Waals surface area contributed by atoms with Crippen LogP contribution in [0, 0.1) is 11.8 Å². The van der Waals surface area contributed by atoms with Gasteiger partial charge in [-0.3, -0.25) is 29.4 Å². The number of amides is 4. The van der Waals surface area contributed by atoms with Gasteiger partial charge in [-0.25, -0.2) is 0 Å². The van der Waals surface area contributed by atoms with Gasteiger partial charge in [0.2, 0.25) is 11.8 Å². The molecule has 3 rings (SSSR count). The van der Waals surface area contributed by atoms with E-state index in [2.05, 4.69) is 51.0 Å². The first-order valence-electron chi connectivity index (χ1n) is 9.91. The molecule has 2 aliphatic rings. The van der Waals surface area contributed by atoms with Gasteiger partial charge in [0.1, 0.15) is 6.04 Å². The zero-order valence-corrected chi connectivity index (χ0v) is 18.9. The van der Waals surface area contributed by atoms with Gasteiger partial charge in [-0.15, -0.1) is 0 Å². The molecule has 0 aromatic heterocycles. The van der Waals surface area contributed by atoms with Gasteiger partial charge in [0, 0.05) is 12.0 Å². The molecule has 158 valence electrons. The molecule has 0 spiro atoms. The minimum absolute atomic E-state index is 0.0630. The fourth-order valence-electron chi connectivity index (χ4n) is 3.18. The number of carbonyl (C=O) groups excluding carboxylic acids is 4. The van der Waals surface area contributed by atoms with E-state index in [0.717, 1.165) is 4.90 Å². The van der Waals surface area contributed by atoms with Crippen LogP contribution in [0.2, 0.25) is 18.1 Å². The third kappa shape index (κ3) is 3.95. The number of benzene rings is 1. The van der Waals surface area contributed by atoms with Crippen LogP contribution in [-0.4, -0.2) is 49.5 Å². The number of nitrogens with one attached hydrogen (secondary N) is 1. The van der Waals surface area contributed by atoms with Gasteiger partial charge in [-0.05, 0) is 36.7 Å². The average molecular weight is 427 g/mol. The van der Waals surface area contributed by atoms with E-state index in [0.29, 0.717) is 5.56 Å². The van der Waals surface area contributed by atoms with Crippen LogP contribution in [-0.2, 0) is 14.0 Å². The van der Waals surface area contributed by atoms with Gasteiger partial charge in [-0.1, -0.05) is 38.7 Å². The molecule has 0 radical (unpaired) electrons. The van der Waals surface area contributed by atoms with Crippen LogP contribution >= 0.6 is 0 Å². The molecular weight excluding hydrogens is 400 g/mol. The van der Waals surface area contributed by atoms with Crippen LogP contribution in [0.1, 0.15) is 59.9 Å². The predicted molar refractivity (Wildman–Crippen MR) is 113 cm³/mol. The number of hydrogen-bond acceptors (Lipinski definition) is 5. The van der Waals surface area contributed by atoms with Gasteiger partial charge in [-0.2, -0.15) is 0 Å². The quantitative estimate of drug-likeness (QED) is 0.455. The molecule has 1 unspecified atom stereocenters. The van der Waals surface area contributed by atoms with Crippen LogP contribution < -0.4 is 5.32 Å². The number of carbonyl (C=O) groups is 4. The lowest BCUT2D eigenvalue weighted by atomic mass is 10.0. The van der Waals surface area contributed by atoms with Crippen molar-refractivity contribution in [2.75, 3.05) is 6.61 Å². The molecule has 1 atom stereocenters. The van der Waals surface area contributed by atoms with E-state index in [1.165, 1.54) is 0 Å². The van der Waals surface area contributed by atoms with Crippen LogP contribution in [0.5, 0.6) is 0 Å². The first-order chi connectivity index (χ1) is 13.9. The fourth-order valence-corrected chi connectivity index (χ4v) is 4.05. The predicted octanol–water partition coefficient (Wildman–Crippen LogP) is 2.46. The molecule has 2 heterocycles. The van der Waals surface area contributed by atoms with E-state index in [9.17, 15) is 19.2 Å². The summed E-state index contributed by atoms with van der Waals surface area (Å²) in [5, 5.41) is 2.26. The van der Waals surface area contributed by atoms with Gasteiger partial charge in [0.15, 0.2) is 8.32 Å². The SMILES string of the molecule is CC(C)(C)[Si](C)(C)OCC#Cc1cccc2c1C(=O)N(C1CCC(=O)NC1=O)C2=O. The standard InChI is InChI=1S/C22H26N2O5Si/c1-22(2,3)30(4,5)29-13-7-9-14-8-6-10-15-18(14)21(28)24(20(15)27)16-11-12-17(25)23-19(16)26/h6,8,10,16H,11-13H2,1-5H3,(H,23,25,26). The first kappa shape index (κ1) is 21.9. The molecule has 1 N–H and O–H groups in total. The van der Waals surface area contributed by atoms with Crippen molar-refractivity contribution >= 4 is 31.9 Å². The van der Waals surface area contributed by atoms with Crippen molar-refractivity contribution in [2.24, 2.45) is 0 Å². The minimum atomic E-state index is -1.94.